The zero-order valence-electron chi connectivity index (χ0n) is 18.0. The highest BCUT2D eigenvalue weighted by Crippen LogP contribution is 2.44. The van der Waals surface area contributed by atoms with Crippen LogP contribution in [0.5, 0.6) is 11.5 Å². The highest BCUT2D eigenvalue weighted by Gasteiger charge is 2.21. The predicted octanol–water partition coefficient (Wildman–Crippen LogP) is 5.63. The van der Waals surface area contributed by atoms with Gasteiger partial charge in [0, 0.05) is 58.0 Å². The van der Waals surface area contributed by atoms with E-state index < -0.39 is 0 Å². The van der Waals surface area contributed by atoms with Crippen molar-refractivity contribution in [2.75, 3.05) is 20.0 Å². The molecule has 0 spiro atoms. The lowest BCUT2D eigenvalue weighted by Crippen LogP contribution is -1.95. The molecule has 0 saturated carbocycles. The number of fused-ring (bicyclic) bond motifs is 1. The van der Waals surface area contributed by atoms with Gasteiger partial charge in [-0.25, -0.2) is 9.97 Å². The highest BCUT2D eigenvalue weighted by atomic mass is 32.1. The number of hydrogen-bond donors (Lipinski definition) is 1. The Kier molecular flexibility index (Phi) is 5.03. The molecule has 5 aromatic rings. The van der Waals surface area contributed by atoms with Gasteiger partial charge in [-0.1, -0.05) is 12.1 Å². The molecule has 0 radical (unpaired) electrons. The minimum Gasteiger partial charge on any atom is -0.497 e. The molecular weight excluding hydrogens is 420 g/mol. The second-order valence-corrected chi connectivity index (χ2v) is 8.37. The van der Waals surface area contributed by atoms with Gasteiger partial charge in [-0.05, 0) is 41.3 Å². The number of rotatable bonds is 5. The maximum absolute atomic E-state index is 5.67. The van der Waals surface area contributed by atoms with E-state index in [9.17, 15) is 0 Å². The van der Waals surface area contributed by atoms with Gasteiger partial charge in [0.25, 0.3) is 0 Å². The van der Waals surface area contributed by atoms with Crippen LogP contribution < -0.4 is 15.2 Å². The first kappa shape index (κ1) is 20.1. The molecule has 0 amide bonds. The number of aromatic nitrogens is 3. The molecular formula is C25H22N4O2S. The van der Waals surface area contributed by atoms with Crippen LogP contribution in [0, 0.1) is 0 Å². The number of aryl methyl sites for hydroxylation is 1. The summed E-state index contributed by atoms with van der Waals surface area (Å²) in [7, 11) is 5.43. The Hall–Kier alpha value is -3.84. The summed E-state index contributed by atoms with van der Waals surface area (Å²) in [4.78, 5) is 9.50. The standard InChI is InChI=1S/C25H22N4O2S/c1-29-21-7-6-15(17-13-27-25(26)28-14-17)11-20(21)23(22-5-4-8-32-22)24(29)16-9-18(30-2)12-19(10-16)31-3/h4-14H,1-3H3,(H2,26,27,28). The molecule has 0 aliphatic rings. The zero-order valence-corrected chi connectivity index (χ0v) is 18.8. The average Bonchev–Trinajstić information content (AvgIpc) is 3.45. The number of benzene rings is 2. The number of nitrogen functional groups attached to an aromatic ring is 1. The van der Waals surface area contributed by atoms with Gasteiger partial charge in [0.1, 0.15) is 11.5 Å². The van der Waals surface area contributed by atoms with Crippen molar-refractivity contribution >= 4 is 28.2 Å². The first-order chi connectivity index (χ1) is 15.6. The Labute approximate surface area is 189 Å². The van der Waals surface area contributed by atoms with Crippen molar-refractivity contribution in [1.29, 1.82) is 0 Å². The van der Waals surface area contributed by atoms with Gasteiger partial charge in [-0.2, -0.15) is 0 Å². The number of hydrogen-bond acceptors (Lipinski definition) is 6. The Morgan fingerprint density at radius 3 is 2.22 bits per heavy atom. The molecule has 7 heteroatoms. The molecule has 0 saturated heterocycles. The monoisotopic (exact) mass is 442 g/mol. The van der Waals surface area contributed by atoms with Crippen molar-refractivity contribution < 1.29 is 9.47 Å². The third-order valence-electron chi connectivity index (χ3n) is 5.60. The van der Waals surface area contributed by atoms with Crippen LogP contribution in [0.25, 0.3) is 43.7 Å². The van der Waals surface area contributed by atoms with Crippen LogP contribution >= 0.6 is 11.3 Å². The summed E-state index contributed by atoms with van der Waals surface area (Å²) in [5, 5.41) is 3.25. The zero-order chi connectivity index (χ0) is 22.2. The summed E-state index contributed by atoms with van der Waals surface area (Å²) in [5.74, 6) is 1.77. The van der Waals surface area contributed by atoms with E-state index in [2.05, 4.69) is 57.3 Å². The lowest BCUT2D eigenvalue weighted by Gasteiger charge is -2.11. The van der Waals surface area contributed by atoms with E-state index in [0.717, 1.165) is 44.8 Å². The number of methoxy groups -OCH3 is 2. The number of nitrogens with zero attached hydrogens (tertiary/aromatic N) is 3. The second-order valence-electron chi connectivity index (χ2n) is 7.42. The van der Waals surface area contributed by atoms with Gasteiger partial charge < -0.3 is 19.8 Å². The fraction of sp³-hybridized carbons (Fsp3) is 0.120. The predicted molar refractivity (Wildman–Crippen MR) is 130 cm³/mol. The largest absolute Gasteiger partial charge is 0.497 e. The smallest absolute Gasteiger partial charge is 0.219 e. The van der Waals surface area contributed by atoms with Gasteiger partial charge in [0.15, 0.2) is 0 Å². The number of ether oxygens (including phenoxy) is 2. The summed E-state index contributed by atoms with van der Waals surface area (Å²) < 4.78 is 13.3. The molecule has 0 aliphatic heterocycles. The Bertz CT molecular complexity index is 1380. The van der Waals surface area contributed by atoms with E-state index >= 15 is 0 Å². The summed E-state index contributed by atoms with van der Waals surface area (Å²) in [6, 6.07) is 16.6. The van der Waals surface area contributed by atoms with Crippen molar-refractivity contribution in [3.63, 3.8) is 0 Å². The van der Waals surface area contributed by atoms with Crippen molar-refractivity contribution in [3.05, 3.63) is 66.3 Å². The van der Waals surface area contributed by atoms with Gasteiger partial charge in [0.05, 0.1) is 19.9 Å². The molecule has 2 aromatic carbocycles. The van der Waals surface area contributed by atoms with Crippen molar-refractivity contribution in [2.24, 2.45) is 7.05 Å². The third kappa shape index (κ3) is 3.36. The van der Waals surface area contributed by atoms with E-state index in [1.165, 1.54) is 10.4 Å². The number of thiophene rings is 1. The van der Waals surface area contributed by atoms with Crippen molar-refractivity contribution in [3.8, 4) is 44.3 Å². The van der Waals surface area contributed by atoms with E-state index in [-0.39, 0.29) is 5.95 Å². The molecule has 0 aliphatic carbocycles. The van der Waals surface area contributed by atoms with Gasteiger partial charge in [-0.3, -0.25) is 0 Å². The minimum absolute atomic E-state index is 0.267. The molecule has 3 heterocycles. The maximum atomic E-state index is 5.67. The fourth-order valence-corrected chi connectivity index (χ4v) is 4.85. The minimum atomic E-state index is 0.267. The first-order valence-electron chi connectivity index (χ1n) is 10.1. The topological polar surface area (TPSA) is 75.2 Å². The van der Waals surface area contributed by atoms with Crippen LogP contribution in [0.15, 0.2) is 66.3 Å². The summed E-state index contributed by atoms with van der Waals surface area (Å²) >= 11 is 1.72. The van der Waals surface area contributed by atoms with Crippen LogP contribution in [0.4, 0.5) is 5.95 Å². The van der Waals surface area contributed by atoms with E-state index in [0.29, 0.717) is 0 Å². The molecule has 0 bridgehead atoms. The first-order valence-corrected chi connectivity index (χ1v) is 10.9. The van der Waals surface area contributed by atoms with Crippen LogP contribution in [-0.2, 0) is 7.05 Å². The maximum Gasteiger partial charge on any atom is 0.219 e. The van der Waals surface area contributed by atoms with Crippen LogP contribution in [0.3, 0.4) is 0 Å². The molecule has 3 aromatic heterocycles. The van der Waals surface area contributed by atoms with Crippen molar-refractivity contribution in [2.45, 2.75) is 0 Å². The SMILES string of the molecule is COc1cc(OC)cc(-c2c(-c3cccs3)c3cc(-c4cnc(N)nc4)ccc3n2C)c1. The number of nitrogens with two attached hydrogens (primary N) is 1. The van der Waals surface area contributed by atoms with Gasteiger partial charge in [0.2, 0.25) is 5.95 Å². The normalized spacial score (nSPS) is 11.1. The van der Waals surface area contributed by atoms with Crippen LogP contribution in [-0.4, -0.2) is 28.8 Å². The summed E-state index contributed by atoms with van der Waals surface area (Å²) in [6.45, 7) is 0. The van der Waals surface area contributed by atoms with E-state index in [1.807, 2.05) is 18.2 Å². The van der Waals surface area contributed by atoms with Crippen molar-refractivity contribution in [1.82, 2.24) is 14.5 Å². The fourth-order valence-electron chi connectivity index (χ4n) is 4.06. The lowest BCUT2D eigenvalue weighted by molar-refractivity contribution is 0.394. The molecule has 160 valence electrons. The third-order valence-corrected chi connectivity index (χ3v) is 6.48. The molecule has 0 unspecified atom stereocenters. The lowest BCUT2D eigenvalue weighted by atomic mass is 10.0. The summed E-state index contributed by atoms with van der Waals surface area (Å²) in [5.41, 5.74) is 12.1. The number of anilines is 1. The van der Waals surface area contributed by atoms with E-state index in [1.54, 1.807) is 38.0 Å². The van der Waals surface area contributed by atoms with E-state index in [4.69, 9.17) is 15.2 Å². The molecule has 0 atom stereocenters. The average molecular weight is 443 g/mol. The molecule has 32 heavy (non-hydrogen) atoms. The van der Waals surface area contributed by atoms with Crippen LogP contribution in [0.2, 0.25) is 0 Å². The quantitative estimate of drug-likeness (QED) is 0.382. The Morgan fingerprint density at radius 2 is 1.59 bits per heavy atom. The highest BCUT2D eigenvalue weighted by molar-refractivity contribution is 7.13. The molecule has 6 nitrogen and oxygen atoms in total. The Morgan fingerprint density at radius 1 is 0.875 bits per heavy atom. The molecule has 5 rings (SSSR count). The van der Waals surface area contributed by atoms with Gasteiger partial charge >= 0.3 is 0 Å². The Balaban J connectivity index is 1.81. The van der Waals surface area contributed by atoms with Gasteiger partial charge in [-0.15, -0.1) is 11.3 Å². The summed E-state index contributed by atoms with van der Waals surface area (Å²) in [6.07, 6.45) is 3.51. The molecule has 2 N–H and O–H groups in total. The van der Waals surface area contributed by atoms with Crippen LogP contribution in [0.1, 0.15) is 0 Å². The second kappa shape index (κ2) is 8.01. The molecule has 0 fully saturated rings.